The molecule has 1 unspecified atom stereocenters. The summed E-state index contributed by atoms with van der Waals surface area (Å²) in [5, 5.41) is 0. The zero-order chi connectivity index (χ0) is 9.00. The monoisotopic (exact) mass is 488 g/mol. The van der Waals surface area contributed by atoms with Crippen molar-refractivity contribution in [3.05, 3.63) is 0 Å². The van der Waals surface area contributed by atoms with E-state index in [9.17, 15) is 0 Å². The number of hydrogen-bond donors (Lipinski definition) is 0. The van der Waals surface area contributed by atoms with Crippen molar-refractivity contribution < 1.29 is 38.5 Å². The third kappa shape index (κ3) is 171. The summed E-state index contributed by atoms with van der Waals surface area (Å²) >= 11 is 0. The van der Waals surface area contributed by atoms with Gasteiger partial charge in [-0.2, -0.15) is 25.5 Å². The smallest absolute Gasteiger partial charge is 0.822 e. The third-order valence-corrected chi connectivity index (χ3v) is 0. The minimum absolute atomic E-state index is 0. The van der Waals surface area contributed by atoms with E-state index in [1.54, 1.807) is 0 Å². The molecule has 1 atom stereocenters. The van der Waals surface area contributed by atoms with E-state index in [0.717, 1.165) is 0 Å². The van der Waals surface area contributed by atoms with Crippen LogP contribution in [0.3, 0.4) is 0 Å². The second kappa shape index (κ2) is 18.1. The topological polar surface area (TPSA) is 172 Å². The Morgan fingerprint density at radius 1 is 0.571 bits per heavy atom. The average Bonchev–Trinajstić information content (AvgIpc) is 1.12. The van der Waals surface area contributed by atoms with Crippen molar-refractivity contribution in [2.75, 3.05) is 0 Å². The summed E-state index contributed by atoms with van der Waals surface area (Å²) in [7, 11) is -10.8. The van der Waals surface area contributed by atoms with E-state index in [4.69, 9.17) is 38.5 Å². The van der Waals surface area contributed by atoms with Crippen LogP contribution in [0.15, 0.2) is 0 Å². The Hall–Kier alpha value is 5.09. The molecule has 0 amide bonds. The Morgan fingerprint density at radius 2 is 0.571 bits per heavy atom. The summed E-state index contributed by atoms with van der Waals surface area (Å²) in [5.74, 6) is 0. The van der Waals surface area contributed by atoms with Crippen molar-refractivity contribution in [3.8, 4) is 0 Å². The summed E-state index contributed by atoms with van der Waals surface area (Å²) in [6.07, 6.45) is 0. The van der Waals surface area contributed by atoms with Crippen LogP contribution >= 0.6 is 25.5 Å². The molecule has 0 aliphatic heterocycles. The van der Waals surface area contributed by atoms with Crippen LogP contribution in [-0.2, 0) is 9.13 Å². The van der Waals surface area contributed by atoms with Crippen LogP contribution in [0.1, 0.15) is 0 Å². The second-order valence-electron chi connectivity index (χ2n) is 0.894. The van der Waals surface area contributed by atoms with Crippen LogP contribution in [0, 0.1) is 0 Å². The van der Waals surface area contributed by atoms with Gasteiger partial charge in [-0.05, 0) is 0 Å². The zero-order valence-corrected chi connectivity index (χ0v) is 20.6. The van der Waals surface area contributed by atoms with Crippen molar-refractivity contribution >= 4 is 162 Å². The first-order valence-electron chi connectivity index (χ1n) is 1.46. The quantitative estimate of drug-likeness (QED) is 0.240. The molecule has 0 aromatic rings. The number of hydrogen-bond acceptors (Lipinski definition) is 8. The van der Waals surface area contributed by atoms with Gasteiger partial charge < -0.3 is 38.5 Å². The largest absolute Gasteiger partial charge is 2.00 e. The maximum absolute atomic E-state index is 8.55. The number of phosphoric acid groups is 2. The Kier molecular flexibility index (Phi) is 47.1. The minimum Gasteiger partial charge on any atom is -0.822 e. The summed E-state index contributed by atoms with van der Waals surface area (Å²) in [4.78, 5) is 51.3. The van der Waals surface area contributed by atoms with Crippen LogP contribution < -0.4 is 29.4 Å². The van der Waals surface area contributed by atoms with Gasteiger partial charge in [-0.3, -0.25) is 0 Å². The molecule has 0 fully saturated rings. The van der Waals surface area contributed by atoms with E-state index in [0.29, 0.717) is 0 Å². The van der Waals surface area contributed by atoms with Crippen molar-refractivity contribution in [2.24, 2.45) is 0 Å². The molecule has 0 aliphatic rings. The number of rotatable bonds is 0. The molecule has 0 aromatic carbocycles. The van der Waals surface area contributed by atoms with E-state index in [2.05, 4.69) is 0 Å². The Balaban J connectivity index is -0.0000000178. The van der Waals surface area contributed by atoms with Crippen LogP contribution in [0.5, 0.6) is 0 Å². The molecule has 8 nitrogen and oxygen atoms in total. The van der Waals surface area contributed by atoms with E-state index < -0.39 is 15.6 Å². The summed E-state index contributed by atoms with van der Waals surface area (Å²) in [5.41, 5.74) is 0. The third-order valence-electron chi connectivity index (χ3n) is 0. The Labute approximate surface area is 195 Å². The first-order valence-corrected chi connectivity index (χ1v) is 4.38. The maximum Gasteiger partial charge on any atom is 2.00 e. The van der Waals surface area contributed by atoms with Gasteiger partial charge in [0.15, 0.2) is 0 Å². The van der Waals surface area contributed by atoms with Gasteiger partial charge in [0.25, 0.3) is 0 Å². The van der Waals surface area contributed by atoms with Gasteiger partial charge >= 0.3 is 136 Å². The average molecular weight is 487 g/mol. The van der Waals surface area contributed by atoms with Crippen LogP contribution in [0.4, 0.5) is 0 Å². The zero-order valence-electron chi connectivity index (χ0n) is 6.99. The fraction of sp³-hybridized carbons (Fsp3) is 0. The van der Waals surface area contributed by atoms with Crippen LogP contribution in [-0.4, -0.2) is 136 Å². The summed E-state index contributed by atoms with van der Waals surface area (Å²) < 4.78 is 17.1. The van der Waals surface area contributed by atoms with Gasteiger partial charge in [0.1, 0.15) is 0 Å². The molecule has 0 radical (unpaired) electrons. The molecule has 0 rings (SSSR count). The molecular formula is H3O8P3Sr3. The maximum atomic E-state index is 8.55. The van der Waals surface area contributed by atoms with E-state index in [1.807, 2.05) is 0 Å². The van der Waals surface area contributed by atoms with Gasteiger partial charge in [0.05, 0.1) is 0 Å². The molecule has 0 heterocycles. The fourth-order valence-electron chi connectivity index (χ4n) is 0. The van der Waals surface area contributed by atoms with Crippen molar-refractivity contribution in [1.29, 1.82) is 0 Å². The van der Waals surface area contributed by atoms with Gasteiger partial charge in [0.2, 0.25) is 0 Å². The summed E-state index contributed by atoms with van der Waals surface area (Å²) in [6, 6.07) is 0. The molecule has 0 aliphatic carbocycles. The SMILES string of the molecule is O=P([O-])([O-])[O-].O=P([O-])([O-])[O-].P.[Sr+2].[Sr+2].[Sr+2]. The standard InChI is InChI=1S/2H3O4P.H3P.3Sr/c2*1-5(2,3)4;;;;/h2*(H3,1,2,3,4);1H3;;;/q;;;3*+2/p-6. The molecule has 0 aromatic heterocycles. The molecule has 14 heavy (non-hydrogen) atoms. The van der Waals surface area contributed by atoms with E-state index >= 15 is 0 Å². The molecule has 72 valence electrons. The van der Waals surface area contributed by atoms with E-state index in [1.165, 1.54) is 0 Å². The van der Waals surface area contributed by atoms with Gasteiger partial charge in [0, 0.05) is 0 Å². The Bertz CT molecular complexity index is 132. The van der Waals surface area contributed by atoms with Crippen LogP contribution in [0.2, 0.25) is 0 Å². The molecule has 0 spiro atoms. The predicted molar refractivity (Wildman–Crippen MR) is 43.6 cm³/mol. The fourth-order valence-corrected chi connectivity index (χ4v) is 0. The normalized spacial score (nSPS) is 8.43. The van der Waals surface area contributed by atoms with Gasteiger partial charge in [-0.25, -0.2) is 0 Å². The van der Waals surface area contributed by atoms with Crippen molar-refractivity contribution in [1.82, 2.24) is 0 Å². The second-order valence-corrected chi connectivity index (χ2v) is 2.68. The van der Waals surface area contributed by atoms with Crippen molar-refractivity contribution in [3.63, 3.8) is 0 Å². The predicted octanol–water partition coefficient (Wildman–Crippen LogP) is -6.73. The van der Waals surface area contributed by atoms with E-state index in [-0.39, 0.29) is 146 Å². The molecule has 0 N–H and O–H groups in total. The van der Waals surface area contributed by atoms with Gasteiger partial charge in [-0.15, -0.1) is 0 Å². The molecule has 0 saturated carbocycles. The van der Waals surface area contributed by atoms with Crippen molar-refractivity contribution in [2.45, 2.75) is 0 Å². The molecule has 0 bridgehead atoms. The summed E-state index contributed by atoms with van der Waals surface area (Å²) in [6.45, 7) is 0. The van der Waals surface area contributed by atoms with Gasteiger partial charge in [-0.1, -0.05) is 0 Å². The first-order chi connectivity index (χ1) is 4.00. The Morgan fingerprint density at radius 3 is 0.571 bits per heavy atom. The molecule has 14 heteroatoms. The minimum atomic E-state index is -5.39. The first kappa shape index (κ1) is 36.5. The molecular weight excluding hydrogens is 484 g/mol. The molecule has 0 saturated heterocycles. The van der Waals surface area contributed by atoms with Crippen LogP contribution in [0.25, 0.3) is 0 Å².